The Morgan fingerprint density at radius 3 is 2.67 bits per heavy atom. The molecule has 1 N–H and O–H groups in total. The number of aromatic nitrogens is 2. The fourth-order valence-corrected chi connectivity index (χ4v) is 2.07. The zero-order valence-electron chi connectivity index (χ0n) is 10.7. The molecule has 4 nitrogen and oxygen atoms in total. The van der Waals surface area contributed by atoms with Crippen molar-refractivity contribution in [3.8, 4) is 0 Å². The van der Waals surface area contributed by atoms with Crippen LogP contribution in [0.2, 0.25) is 0 Å². The largest absolute Gasteiger partial charge is 0.454 e. The minimum atomic E-state index is 0.766. The summed E-state index contributed by atoms with van der Waals surface area (Å²) in [5.74, 6) is 2.65. The lowest BCUT2D eigenvalue weighted by Crippen LogP contribution is -2.09. The molecule has 0 saturated heterocycles. The molecule has 0 saturated carbocycles. The molecular weight excluding hydrogens is 294 g/mol. The van der Waals surface area contributed by atoms with Crippen molar-refractivity contribution in [2.75, 3.05) is 11.9 Å². The number of aryl methyl sites for hydroxylation is 2. The van der Waals surface area contributed by atoms with Gasteiger partial charge in [-0.15, -0.1) is 0 Å². The summed E-state index contributed by atoms with van der Waals surface area (Å²) in [7, 11) is 0. The number of nitrogens with zero attached hydrogens (tertiary/aromatic N) is 2. The van der Waals surface area contributed by atoms with E-state index in [0.29, 0.717) is 0 Å². The van der Waals surface area contributed by atoms with E-state index in [4.69, 9.17) is 4.42 Å². The third kappa shape index (κ3) is 3.10. The second-order valence-corrected chi connectivity index (χ2v) is 4.99. The van der Waals surface area contributed by atoms with E-state index in [9.17, 15) is 0 Å². The third-order valence-electron chi connectivity index (χ3n) is 2.79. The molecule has 0 fully saturated rings. The molecule has 2 aromatic rings. The molecule has 2 aromatic heterocycles. The average Bonchev–Trinajstić information content (AvgIpc) is 2.71. The number of furan rings is 1. The van der Waals surface area contributed by atoms with Crippen molar-refractivity contribution in [3.63, 3.8) is 0 Å². The predicted molar refractivity (Wildman–Crippen MR) is 74.8 cm³/mol. The Kier molecular flexibility index (Phi) is 4.01. The Balaban J connectivity index is 1.98. The monoisotopic (exact) mass is 309 g/mol. The van der Waals surface area contributed by atoms with Gasteiger partial charge in [0.2, 0.25) is 0 Å². The predicted octanol–water partition coefficient (Wildman–Crippen LogP) is 3.41. The first-order valence-corrected chi connectivity index (χ1v) is 6.65. The minimum Gasteiger partial charge on any atom is -0.454 e. The molecule has 0 spiro atoms. The van der Waals surface area contributed by atoms with Crippen LogP contribution in [0, 0.1) is 20.8 Å². The summed E-state index contributed by atoms with van der Waals surface area (Å²) in [6, 6.07) is 3.87. The van der Waals surface area contributed by atoms with Gasteiger partial charge >= 0.3 is 0 Å². The fourth-order valence-electron chi connectivity index (χ4n) is 1.73. The molecule has 5 heteroatoms. The summed E-state index contributed by atoms with van der Waals surface area (Å²) in [6.07, 6.45) is 0.827. The van der Waals surface area contributed by atoms with E-state index in [1.165, 1.54) is 0 Å². The molecule has 18 heavy (non-hydrogen) atoms. The van der Waals surface area contributed by atoms with E-state index in [-0.39, 0.29) is 0 Å². The van der Waals surface area contributed by atoms with Gasteiger partial charge in [-0.05, 0) is 48.8 Å². The van der Waals surface area contributed by atoms with Gasteiger partial charge < -0.3 is 9.73 Å². The maximum absolute atomic E-state index is 5.44. The number of rotatable bonds is 4. The van der Waals surface area contributed by atoms with Crippen molar-refractivity contribution in [1.29, 1.82) is 0 Å². The molecule has 0 unspecified atom stereocenters. The zero-order valence-corrected chi connectivity index (χ0v) is 12.3. The highest BCUT2D eigenvalue weighted by molar-refractivity contribution is 9.10. The molecule has 0 radical (unpaired) electrons. The molecule has 0 aliphatic rings. The van der Waals surface area contributed by atoms with Crippen molar-refractivity contribution >= 4 is 21.7 Å². The van der Waals surface area contributed by atoms with Crippen LogP contribution < -0.4 is 5.32 Å². The first kappa shape index (κ1) is 13.1. The highest BCUT2D eigenvalue weighted by Crippen LogP contribution is 2.16. The molecule has 0 bridgehead atoms. The molecule has 2 rings (SSSR count). The minimum absolute atomic E-state index is 0.766. The van der Waals surface area contributed by atoms with Gasteiger partial charge in [0, 0.05) is 24.2 Å². The van der Waals surface area contributed by atoms with Crippen LogP contribution in [0.5, 0.6) is 0 Å². The van der Waals surface area contributed by atoms with Crippen molar-refractivity contribution in [2.24, 2.45) is 0 Å². The fraction of sp³-hybridized carbons (Fsp3) is 0.385. The molecule has 0 aliphatic heterocycles. The summed E-state index contributed by atoms with van der Waals surface area (Å²) in [5.41, 5.74) is 2.12. The lowest BCUT2D eigenvalue weighted by Gasteiger charge is -2.10. The van der Waals surface area contributed by atoms with E-state index >= 15 is 0 Å². The second-order valence-electron chi connectivity index (χ2n) is 4.21. The Morgan fingerprint density at radius 1 is 1.22 bits per heavy atom. The first-order valence-electron chi connectivity index (χ1n) is 5.86. The van der Waals surface area contributed by atoms with Crippen molar-refractivity contribution in [3.05, 3.63) is 39.6 Å². The van der Waals surface area contributed by atoms with Gasteiger partial charge in [-0.1, -0.05) is 0 Å². The number of halogens is 1. The summed E-state index contributed by atoms with van der Waals surface area (Å²) in [4.78, 5) is 8.74. The summed E-state index contributed by atoms with van der Waals surface area (Å²) >= 11 is 3.29. The van der Waals surface area contributed by atoms with E-state index in [1.807, 2.05) is 32.9 Å². The second kappa shape index (κ2) is 5.52. The van der Waals surface area contributed by atoms with Gasteiger partial charge in [-0.2, -0.15) is 0 Å². The SMILES string of the molecule is Cc1nc(C)c(C)c(NCCc2ccc(Br)o2)n1. The smallest absolute Gasteiger partial charge is 0.169 e. The Morgan fingerprint density at radius 2 is 2.00 bits per heavy atom. The van der Waals surface area contributed by atoms with Crippen molar-refractivity contribution in [2.45, 2.75) is 27.2 Å². The van der Waals surface area contributed by atoms with Crippen LogP contribution in [0.3, 0.4) is 0 Å². The van der Waals surface area contributed by atoms with Gasteiger partial charge in [0.1, 0.15) is 17.4 Å². The lowest BCUT2D eigenvalue weighted by molar-refractivity contribution is 0.491. The molecule has 0 aliphatic carbocycles. The van der Waals surface area contributed by atoms with E-state index in [0.717, 1.165) is 46.3 Å². The number of anilines is 1. The quantitative estimate of drug-likeness (QED) is 0.940. The summed E-state index contributed by atoms with van der Waals surface area (Å²) in [6.45, 7) is 6.72. The topological polar surface area (TPSA) is 51.0 Å². The van der Waals surface area contributed by atoms with Crippen molar-refractivity contribution in [1.82, 2.24) is 9.97 Å². The maximum Gasteiger partial charge on any atom is 0.169 e. The van der Waals surface area contributed by atoms with E-state index < -0.39 is 0 Å². The lowest BCUT2D eigenvalue weighted by atomic mass is 10.2. The Labute approximate surface area is 115 Å². The number of nitrogens with one attached hydrogen (secondary N) is 1. The van der Waals surface area contributed by atoms with Gasteiger partial charge in [0.05, 0.1) is 0 Å². The van der Waals surface area contributed by atoms with E-state index in [2.05, 4.69) is 31.2 Å². The normalized spacial score (nSPS) is 10.7. The van der Waals surface area contributed by atoms with Crippen LogP contribution in [0.15, 0.2) is 21.2 Å². The van der Waals surface area contributed by atoms with Crippen LogP contribution in [-0.2, 0) is 6.42 Å². The number of hydrogen-bond donors (Lipinski definition) is 1. The van der Waals surface area contributed by atoms with Crippen LogP contribution in [0.4, 0.5) is 5.82 Å². The molecule has 0 aromatic carbocycles. The number of hydrogen-bond acceptors (Lipinski definition) is 4. The summed E-state index contributed by atoms with van der Waals surface area (Å²) in [5, 5.41) is 3.33. The van der Waals surface area contributed by atoms with E-state index in [1.54, 1.807) is 0 Å². The van der Waals surface area contributed by atoms with Crippen LogP contribution in [0.1, 0.15) is 22.8 Å². The molecule has 0 amide bonds. The van der Waals surface area contributed by atoms with Crippen LogP contribution >= 0.6 is 15.9 Å². The Bertz CT molecular complexity index is 551. The first-order chi connectivity index (χ1) is 8.56. The zero-order chi connectivity index (χ0) is 13.1. The third-order valence-corrected chi connectivity index (χ3v) is 3.22. The maximum atomic E-state index is 5.44. The summed E-state index contributed by atoms with van der Waals surface area (Å²) < 4.78 is 6.21. The molecule has 2 heterocycles. The van der Waals surface area contributed by atoms with Crippen LogP contribution in [0.25, 0.3) is 0 Å². The Hall–Kier alpha value is -1.36. The molecular formula is C13H16BrN3O. The van der Waals surface area contributed by atoms with Gasteiger partial charge in [0.25, 0.3) is 0 Å². The highest BCUT2D eigenvalue weighted by Gasteiger charge is 2.06. The molecule has 0 atom stereocenters. The molecule has 96 valence electrons. The van der Waals surface area contributed by atoms with Gasteiger partial charge in [-0.25, -0.2) is 9.97 Å². The highest BCUT2D eigenvalue weighted by atomic mass is 79.9. The van der Waals surface area contributed by atoms with Crippen LogP contribution in [-0.4, -0.2) is 16.5 Å². The standard InChI is InChI=1S/C13H16BrN3O/c1-8-9(2)16-10(3)17-13(8)15-7-6-11-4-5-12(14)18-11/h4-5H,6-7H2,1-3H3,(H,15,16,17). The van der Waals surface area contributed by atoms with Gasteiger partial charge in [0.15, 0.2) is 4.67 Å². The van der Waals surface area contributed by atoms with Crippen molar-refractivity contribution < 1.29 is 4.42 Å². The van der Waals surface area contributed by atoms with Gasteiger partial charge in [-0.3, -0.25) is 0 Å². The average molecular weight is 310 g/mol.